The van der Waals surface area contributed by atoms with E-state index in [2.05, 4.69) is 0 Å². The molecule has 10 nitrogen and oxygen atoms in total. The smallest absolute Gasteiger partial charge is 0.339 e. The number of carbonyl (C=O) groups excluding carboxylic acids is 1. The van der Waals surface area contributed by atoms with Gasteiger partial charge in [-0.15, -0.1) is 0 Å². The fourth-order valence-corrected chi connectivity index (χ4v) is 3.14. The molecule has 0 spiro atoms. The molecule has 5 N–H and O–H groups in total. The highest BCUT2D eigenvalue weighted by molar-refractivity contribution is 7.93. The Morgan fingerprint density at radius 1 is 1.27 bits per heavy atom. The molecular formula is C11H13N3O7S. The van der Waals surface area contributed by atoms with Crippen molar-refractivity contribution in [1.82, 2.24) is 0 Å². The third-order valence-electron chi connectivity index (χ3n) is 2.94. The number of nitro groups is 1. The first-order valence-corrected chi connectivity index (χ1v) is 7.30. The number of benzene rings is 1. The summed E-state index contributed by atoms with van der Waals surface area (Å²) in [6, 6.07) is 3.57. The van der Waals surface area contributed by atoms with Gasteiger partial charge in [-0.2, -0.15) is 0 Å². The summed E-state index contributed by atoms with van der Waals surface area (Å²) in [7, 11) is -4.59. The molecule has 1 unspecified atom stereocenters. The number of nitrogens with two attached hydrogens (primary N) is 2. The Bertz CT molecular complexity index is 714. The Hall–Kier alpha value is -2.53. The zero-order valence-corrected chi connectivity index (χ0v) is 11.9. The summed E-state index contributed by atoms with van der Waals surface area (Å²) in [5, 5.41) is 19.7. The molecule has 1 amide bonds. The predicted octanol–water partition coefficient (Wildman–Crippen LogP) is -0.626. The molecule has 1 atom stereocenters. The van der Waals surface area contributed by atoms with Gasteiger partial charge in [0.25, 0.3) is 5.69 Å². The Labute approximate surface area is 124 Å². The topological polar surface area (TPSA) is 184 Å². The first-order valence-electron chi connectivity index (χ1n) is 5.82. The van der Waals surface area contributed by atoms with E-state index in [0.29, 0.717) is 0 Å². The van der Waals surface area contributed by atoms with Crippen molar-refractivity contribution >= 4 is 27.4 Å². The number of aliphatic carboxylic acids is 1. The van der Waals surface area contributed by atoms with E-state index in [-0.39, 0.29) is 5.69 Å². The van der Waals surface area contributed by atoms with E-state index >= 15 is 0 Å². The number of hydrogen-bond acceptors (Lipinski definition) is 7. The van der Waals surface area contributed by atoms with Crippen molar-refractivity contribution in [2.75, 3.05) is 0 Å². The fourth-order valence-electron chi connectivity index (χ4n) is 1.62. The summed E-state index contributed by atoms with van der Waals surface area (Å²) in [4.78, 5) is 28.5. The molecule has 0 bridgehead atoms. The fraction of sp³-hybridized carbons (Fsp3) is 0.273. The zero-order valence-electron chi connectivity index (χ0n) is 11.1. The van der Waals surface area contributed by atoms with Gasteiger partial charge in [0.2, 0.25) is 20.6 Å². The maximum atomic E-state index is 12.4. The quantitative estimate of drug-likeness (QED) is 0.435. The van der Waals surface area contributed by atoms with Crippen LogP contribution < -0.4 is 11.5 Å². The van der Waals surface area contributed by atoms with Crippen LogP contribution in [0.2, 0.25) is 0 Å². The lowest BCUT2D eigenvalue weighted by Crippen LogP contribution is -2.55. The first-order chi connectivity index (χ1) is 10.0. The number of non-ortho nitro benzene ring substituents is 1. The minimum atomic E-state index is -4.59. The summed E-state index contributed by atoms with van der Waals surface area (Å²) in [5.74, 6) is -2.76. The number of amides is 1. The van der Waals surface area contributed by atoms with Crippen LogP contribution in [0.1, 0.15) is 12.8 Å². The molecule has 0 radical (unpaired) electrons. The van der Waals surface area contributed by atoms with Gasteiger partial charge >= 0.3 is 5.97 Å². The van der Waals surface area contributed by atoms with Crippen LogP contribution in [0.4, 0.5) is 5.69 Å². The van der Waals surface area contributed by atoms with E-state index in [1.54, 1.807) is 0 Å². The lowest BCUT2D eigenvalue weighted by Gasteiger charge is -2.24. The number of nitro benzene ring substituents is 1. The normalized spacial score (nSPS) is 14.0. The van der Waals surface area contributed by atoms with Crippen LogP contribution in [-0.4, -0.2) is 35.2 Å². The van der Waals surface area contributed by atoms with Gasteiger partial charge in [0.15, 0.2) is 0 Å². The molecule has 0 saturated heterocycles. The van der Waals surface area contributed by atoms with Crippen LogP contribution in [0.25, 0.3) is 0 Å². The molecule has 0 heterocycles. The van der Waals surface area contributed by atoms with Crippen molar-refractivity contribution in [3.63, 3.8) is 0 Å². The Balaban J connectivity index is 3.30. The second-order valence-electron chi connectivity index (χ2n) is 4.42. The van der Waals surface area contributed by atoms with Gasteiger partial charge in [0, 0.05) is 18.6 Å². The van der Waals surface area contributed by atoms with Gasteiger partial charge in [-0.05, 0) is 18.6 Å². The maximum absolute atomic E-state index is 12.4. The molecule has 1 aromatic carbocycles. The number of carboxylic acid groups (broad SMARTS) is 1. The number of carboxylic acids is 1. The highest BCUT2D eigenvalue weighted by atomic mass is 32.2. The van der Waals surface area contributed by atoms with Crippen molar-refractivity contribution in [2.24, 2.45) is 11.5 Å². The molecule has 1 aromatic rings. The minimum Gasteiger partial charge on any atom is -0.479 e. The first kappa shape index (κ1) is 17.5. The van der Waals surface area contributed by atoms with E-state index in [4.69, 9.17) is 16.6 Å². The molecule has 0 aliphatic rings. The maximum Gasteiger partial charge on any atom is 0.339 e. The molecule has 1 rings (SSSR count). The summed E-state index contributed by atoms with van der Waals surface area (Å²) in [6.07, 6.45) is -1.27. The van der Waals surface area contributed by atoms with Crippen molar-refractivity contribution < 1.29 is 28.0 Å². The molecular weight excluding hydrogens is 318 g/mol. The predicted molar refractivity (Wildman–Crippen MR) is 73.3 cm³/mol. The van der Waals surface area contributed by atoms with Gasteiger partial charge in [-0.3, -0.25) is 14.9 Å². The number of sulfone groups is 1. The third-order valence-corrected chi connectivity index (χ3v) is 5.17. The highest BCUT2D eigenvalue weighted by Gasteiger charge is 2.48. The van der Waals surface area contributed by atoms with Crippen LogP contribution in [-0.2, 0) is 19.4 Å². The average molecular weight is 331 g/mol. The van der Waals surface area contributed by atoms with E-state index in [9.17, 15) is 28.1 Å². The second-order valence-corrected chi connectivity index (χ2v) is 6.62. The number of primary amides is 1. The average Bonchev–Trinajstić information content (AvgIpc) is 2.44. The zero-order chi connectivity index (χ0) is 17.1. The minimum absolute atomic E-state index is 0.367. The van der Waals surface area contributed by atoms with Crippen molar-refractivity contribution in [3.8, 4) is 0 Å². The van der Waals surface area contributed by atoms with Gasteiger partial charge in [-0.25, -0.2) is 13.2 Å². The largest absolute Gasteiger partial charge is 0.479 e. The monoisotopic (exact) mass is 331 g/mol. The molecule has 0 aliphatic carbocycles. The van der Waals surface area contributed by atoms with Gasteiger partial charge in [0.1, 0.15) is 0 Å². The van der Waals surface area contributed by atoms with E-state index < -0.39 is 49.2 Å². The summed E-state index contributed by atoms with van der Waals surface area (Å²) >= 11 is 0. The van der Waals surface area contributed by atoms with Crippen LogP contribution in [0, 0.1) is 10.1 Å². The second kappa shape index (κ2) is 6.07. The molecule has 0 aromatic heterocycles. The summed E-state index contributed by atoms with van der Waals surface area (Å²) in [5.41, 5.74) is 9.98. The molecule has 22 heavy (non-hydrogen) atoms. The summed E-state index contributed by atoms with van der Waals surface area (Å²) in [6.45, 7) is 0. The van der Waals surface area contributed by atoms with Crippen molar-refractivity contribution in [3.05, 3.63) is 34.4 Å². The molecule has 0 fully saturated rings. The van der Waals surface area contributed by atoms with Crippen LogP contribution in [0.3, 0.4) is 0 Å². The van der Waals surface area contributed by atoms with Crippen molar-refractivity contribution in [1.29, 1.82) is 0 Å². The van der Waals surface area contributed by atoms with Crippen molar-refractivity contribution in [2.45, 2.75) is 22.6 Å². The van der Waals surface area contributed by atoms with Crippen LogP contribution in [0.5, 0.6) is 0 Å². The number of nitrogens with zero attached hydrogens (tertiary/aromatic N) is 1. The van der Waals surface area contributed by atoms with Gasteiger partial charge < -0.3 is 16.6 Å². The third kappa shape index (κ3) is 3.20. The van der Waals surface area contributed by atoms with E-state index in [0.717, 1.165) is 24.3 Å². The Kier molecular flexibility index (Phi) is 4.84. The molecule has 120 valence electrons. The molecule has 0 aliphatic heterocycles. The lowest BCUT2D eigenvalue weighted by molar-refractivity contribution is -0.384. The standard InChI is InChI=1S/C11H13N3O7S/c12-9(15)5-6-11(13,10(16)17)22(20,21)8-3-1-7(2-4-8)14(18)19/h1-4H,5-6,13H2,(H2,12,15)(H,16,17). The molecule has 11 heteroatoms. The van der Waals surface area contributed by atoms with E-state index in [1.165, 1.54) is 0 Å². The van der Waals surface area contributed by atoms with Gasteiger partial charge in [-0.1, -0.05) is 0 Å². The molecule has 0 saturated carbocycles. The van der Waals surface area contributed by atoms with Crippen LogP contribution in [0.15, 0.2) is 29.2 Å². The Morgan fingerprint density at radius 2 is 1.77 bits per heavy atom. The van der Waals surface area contributed by atoms with Crippen LogP contribution >= 0.6 is 0 Å². The lowest BCUT2D eigenvalue weighted by atomic mass is 10.1. The van der Waals surface area contributed by atoms with Gasteiger partial charge in [0.05, 0.1) is 9.82 Å². The number of rotatable bonds is 7. The summed E-state index contributed by atoms with van der Waals surface area (Å²) < 4.78 is 24.7. The number of hydrogen-bond donors (Lipinski definition) is 3. The highest BCUT2D eigenvalue weighted by Crippen LogP contribution is 2.27. The van der Waals surface area contributed by atoms with E-state index in [1.807, 2.05) is 0 Å². The SMILES string of the molecule is NC(=O)CCC(N)(C(=O)O)S(=O)(=O)c1ccc([N+](=O)[O-])cc1. The Morgan fingerprint density at radius 3 is 2.14 bits per heavy atom. The number of carbonyl (C=O) groups is 2.